The highest BCUT2D eigenvalue weighted by Crippen LogP contribution is 2.24. The molecule has 0 aliphatic heterocycles. The van der Waals surface area contributed by atoms with E-state index in [1.165, 1.54) is 6.92 Å². The molecule has 0 heterocycles. The highest BCUT2D eigenvalue weighted by Gasteiger charge is 2.47. The van der Waals surface area contributed by atoms with Crippen molar-refractivity contribution in [2.75, 3.05) is 19.8 Å². The molecule has 0 rings (SSSR count). The van der Waals surface area contributed by atoms with Crippen LogP contribution in [0.2, 0.25) is 0 Å². The third-order valence-corrected chi connectivity index (χ3v) is 2.40. The Labute approximate surface area is 91.6 Å². The first-order chi connectivity index (χ1) is 7.20. The van der Waals surface area contributed by atoms with Gasteiger partial charge < -0.3 is 9.47 Å². The number of ether oxygens (including phenoxy) is 2. The largest absolute Gasteiger partial charge is 0.523 e. The lowest BCUT2D eigenvalue weighted by Crippen LogP contribution is -2.27. The summed E-state index contributed by atoms with van der Waals surface area (Å²) in [5.74, 6) is 0. The first-order valence-electron chi connectivity index (χ1n) is 4.39. The average Bonchev–Trinajstić information content (AvgIpc) is 2.11. The predicted octanol–water partition coefficient (Wildman–Crippen LogP) is 1.25. The van der Waals surface area contributed by atoms with E-state index in [1.54, 1.807) is 6.92 Å². The van der Waals surface area contributed by atoms with Crippen molar-refractivity contribution in [1.29, 1.82) is 0 Å². The van der Waals surface area contributed by atoms with Gasteiger partial charge in [-0.15, -0.1) is 0 Å². The Hall–Kier alpha value is -0.380. The molecule has 16 heavy (non-hydrogen) atoms. The minimum absolute atomic E-state index is 0.309. The molecule has 1 atom stereocenters. The lowest BCUT2D eigenvalue weighted by Gasteiger charge is -2.13. The summed E-state index contributed by atoms with van der Waals surface area (Å²) in [5, 5.41) is 0. The van der Waals surface area contributed by atoms with Crippen LogP contribution in [-0.2, 0) is 23.8 Å². The summed E-state index contributed by atoms with van der Waals surface area (Å²) >= 11 is 0. The SMILES string of the molecule is CCOC(C)OCCOS(=O)(=O)C(F)(F)F. The van der Waals surface area contributed by atoms with Crippen molar-refractivity contribution in [2.45, 2.75) is 25.6 Å². The summed E-state index contributed by atoms with van der Waals surface area (Å²) < 4.78 is 69.5. The van der Waals surface area contributed by atoms with Crippen LogP contribution >= 0.6 is 0 Å². The maximum Gasteiger partial charge on any atom is 0.523 e. The molecule has 98 valence electrons. The standard InChI is InChI=1S/C7H13F3O5S/c1-3-13-6(2)14-4-5-15-16(11,12)7(8,9)10/h6H,3-5H2,1-2H3. The van der Waals surface area contributed by atoms with Crippen LogP contribution in [0.4, 0.5) is 13.2 Å². The van der Waals surface area contributed by atoms with Crippen molar-refractivity contribution in [3.05, 3.63) is 0 Å². The predicted molar refractivity (Wildman–Crippen MR) is 48.0 cm³/mol. The fraction of sp³-hybridized carbons (Fsp3) is 1.00. The van der Waals surface area contributed by atoms with Crippen molar-refractivity contribution in [1.82, 2.24) is 0 Å². The van der Waals surface area contributed by atoms with Crippen LogP contribution in [0.15, 0.2) is 0 Å². The quantitative estimate of drug-likeness (QED) is 0.300. The van der Waals surface area contributed by atoms with Crippen LogP contribution < -0.4 is 0 Å². The molecule has 0 bridgehead atoms. The van der Waals surface area contributed by atoms with E-state index in [0.717, 1.165) is 0 Å². The number of alkyl halides is 3. The van der Waals surface area contributed by atoms with Gasteiger partial charge in [0.05, 0.1) is 13.2 Å². The fourth-order valence-electron chi connectivity index (χ4n) is 0.707. The van der Waals surface area contributed by atoms with Crippen LogP contribution in [0.3, 0.4) is 0 Å². The Morgan fingerprint density at radius 3 is 2.19 bits per heavy atom. The maximum atomic E-state index is 11.8. The van der Waals surface area contributed by atoms with Crippen molar-refractivity contribution >= 4 is 10.1 Å². The van der Waals surface area contributed by atoms with E-state index < -0.39 is 28.5 Å². The third-order valence-electron chi connectivity index (χ3n) is 1.36. The Morgan fingerprint density at radius 1 is 1.19 bits per heavy atom. The molecule has 0 aromatic heterocycles. The molecule has 0 radical (unpaired) electrons. The van der Waals surface area contributed by atoms with Gasteiger partial charge >= 0.3 is 15.6 Å². The van der Waals surface area contributed by atoms with Crippen LogP contribution in [0.5, 0.6) is 0 Å². The highest BCUT2D eigenvalue weighted by atomic mass is 32.2. The minimum Gasteiger partial charge on any atom is -0.353 e. The zero-order chi connectivity index (χ0) is 12.8. The van der Waals surface area contributed by atoms with Gasteiger partial charge in [-0.3, -0.25) is 4.18 Å². The normalized spacial score (nSPS) is 15.1. The van der Waals surface area contributed by atoms with Gasteiger partial charge in [-0.25, -0.2) is 0 Å². The van der Waals surface area contributed by atoms with Crippen molar-refractivity contribution in [2.24, 2.45) is 0 Å². The van der Waals surface area contributed by atoms with Gasteiger partial charge in [0.25, 0.3) is 0 Å². The summed E-state index contributed by atoms with van der Waals surface area (Å²) in [7, 11) is -5.53. The number of rotatable bonds is 7. The molecule has 0 aromatic carbocycles. The van der Waals surface area contributed by atoms with E-state index in [-0.39, 0.29) is 6.61 Å². The molecule has 0 amide bonds. The van der Waals surface area contributed by atoms with Gasteiger partial charge in [-0.1, -0.05) is 0 Å². The highest BCUT2D eigenvalue weighted by molar-refractivity contribution is 7.87. The molecule has 0 N–H and O–H groups in total. The van der Waals surface area contributed by atoms with Crippen LogP contribution in [0.1, 0.15) is 13.8 Å². The molecule has 9 heteroatoms. The second-order valence-electron chi connectivity index (χ2n) is 2.62. The number of hydrogen-bond donors (Lipinski definition) is 0. The first kappa shape index (κ1) is 15.6. The first-order valence-corrected chi connectivity index (χ1v) is 5.80. The summed E-state index contributed by atoms with van der Waals surface area (Å²) in [5.41, 5.74) is -5.40. The summed E-state index contributed by atoms with van der Waals surface area (Å²) in [6, 6.07) is 0. The average molecular weight is 266 g/mol. The number of halogens is 3. The van der Waals surface area contributed by atoms with E-state index in [1.807, 2.05) is 0 Å². The molecule has 0 saturated carbocycles. The van der Waals surface area contributed by atoms with E-state index in [0.29, 0.717) is 6.61 Å². The molecule has 0 spiro atoms. The second-order valence-corrected chi connectivity index (χ2v) is 4.22. The Bertz CT molecular complexity index is 287. The van der Waals surface area contributed by atoms with E-state index >= 15 is 0 Å². The molecule has 0 saturated heterocycles. The molecular weight excluding hydrogens is 253 g/mol. The van der Waals surface area contributed by atoms with Crippen LogP contribution in [-0.4, -0.2) is 40.0 Å². The van der Waals surface area contributed by atoms with Gasteiger partial charge in [0.1, 0.15) is 0 Å². The van der Waals surface area contributed by atoms with E-state index in [4.69, 9.17) is 9.47 Å². The van der Waals surface area contributed by atoms with Gasteiger partial charge in [0.15, 0.2) is 6.29 Å². The Kier molecular flexibility index (Phi) is 6.23. The third kappa shape index (κ3) is 5.64. The minimum atomic E-state index is -5.53. The number of hydrogen-bond acceptors (Lipinski definition) is 5. The fourth-order valence-corrected chi connectivity index (χ4v) is 1.13. The van der Waals surface area contributed by atoms with Crippen LogP contribution in [0, 0.1) is 0 Å². The molecule has 1 unspecified atom stereocenters. The Balaban J connectivity index is 3.84. The molecule has 0 aliphatic rings. The summed E-state index contributed by atoms with van der Waals surface area (Å²) in [6.45, 7) is 2.60. The zero-order valence-corrected chi connectivity index (χ0v) is 9.60. The van der Waals surface area contributed by atoms with Crippen molar-refractivity contribution in [3.63, 3.8) is 0 Å². The monoisotopic (exact) mass is 266 g/mol. The molecule has 5 nitrogen and oxygen atoms in total. The summed E-state index contributed by atoms with van der Waals surface area (Å²) in [4.78, 5) is 0. The van der Waals surface area contributed by atoms with E-state index in [9.17, 15) is 21.6 Å². The van der Waals surface area contributed by atoms with Gasteiger partial charge in [0.2, 0.25) is 0 Å². The molecule has 0 aliphatic carbocycles. The van der Waals surface area contributed by atoms with Gasteiger partial charge in [-0.2, -0.15) is 21.6 Å². The topological polar surface area (TPSA) is 61.8 Å². The van der Waals surface area contributed by atoms with E-state index in [2.05, 4.69) is 4.18 Å². The zero-order valence-electron chi connectivity index (χ0n) is 8.78. The molecule has 0 aromatic rings. The Morgan fingerprint density at radius 2 is 1.75 bits per heavy atom. The lowest BCUT2D eigenvalue weighted by atomic mass is 10.7. The van der Waals surface area contributed by atoms with Gasteiger partial charge in [-0.05, 0) is 13.8 Å². The van der Waals surface area contributed by atoms with Crippen molar-refractivity contribution < 1.29 is 35.2 Å². The smallest absolute Gasteiger partial charge is 0.353 e. The second kappa shape index (κ2) is 6.38. The maximum absolute atomic E-state index is 11.8. The van der Waals surface area contributed by atoms with Crippen LogP contribution in [0.25, 0.3) is 0 Å². The summed E-state index contributed by atoms with van der Waals surface area (Å²) in [6.07, 6.45) is -0.623. The van der Waals surface area contributed by atoms with Crippen molar-refractivity contribution in [3.8, 4) is 0 Å². The molecule has 0 fully saturated rings. The lowest BCUT2D eigenvalue weighted by molar-refractivity contribution is -0.132. The molecular formula is C7H13F3O5S. The van der Waals surface area contributed by atoms with Gasteiger partial charge in [0, 0.05) is 6.61 Å².